The molecule has 0 atom stereocenters. The van der Waals surface area contributed by atoms with Crippen LogP contribution in [0.4, 0.5) is 5.82 Å². The lowest BCUT2D eigenvalue weighted by Crippen LogP contribution is -2.20. The zero-order chi connectivity index (χ0) is 12.1. The number of aromatic nitrogens is 1. The molecule has 17 heavy (non-hydrogen) atoms. The third-order valence-electron chi connectivity index (χ3n) is 3.62. The highest BCUT2D eigenvalue weighted by molar-refractivity contribution is 5.51. The molecule has 3 heteroatoms. The molecule has 1 fully saturated rings. The van der Waals surface area contributed by atoms with Crippen molar-refractivity contribution in [2.75, 3.05) is 11.9 Å². The summed E-state index contributed by atoms with van der Waals surface area (Å²) >= 11 is 0. The highest BCUT2D eigenvalue weighted by atomic mass is 15.0. The molecule has 90 valence electrons. The van der Waals surface area contributed by atoms with Crippen LogP contribution >= 0.6 is 0 Å². The van der Waals surface area contributed by atoms with Gasteiger partial charge in [0.1, 0.15) is 11.9 Å². The number of anilines is 1. The smallest absolute Gasteiger partial charge is 0.143 e. The molecule has 0 radical (unpaired) electrons. The molecule has 0 aromatic carbocycles. The van der Waals surface area contributed by atoms with Gasteiger partial charge in [-0.2, -0.15) is 5.26 Å². The van der Waals surface area contributed by atoms with E-state index in [-0.39, 0.29) is 0 Å². The Morgan fingerprint density at radius 1 is 1.41 bits per heavy atom. The summed E-state index contributed by atoms with van der Waals surface area (Å²) in [5.74, 6) is 2.35. The molecule has 1 aliphatic rings. The van der Waals surface area contributed by atoms with Gasteiger partial charge < -0.3 is 5.32 Å². The van der Waals surface area contributed by atoms with Crippen molar-refractivity contribution < 1.29 is 0 Å². The van der Waals surface area contributed by atoms with Gasteiger partial charge in [-0.05, 0) is 36.8 Å². The molecule has 1 aromatic rings. The fourth-order valence-electron chi connectivity index (χ4n) is 2.41. The van der Waals surface area contributed by atoms with Crippen LogP contribution < -0.4 is 5.32 Å². The van der Waals surface area contributed by atoms with E-state index in [2.05, 4.69) is 23.3 Å². The van der Waals surface area contributed by atoms with E-state index in [1.807, 2.05) is 0 Å². The molecule has 0 amide bonds. The van der Waals surface area contributed by atoms with E-state index in [4.69, 9.17) is 5.26 Å². The maximum absolute atomic E-state index is 8.96. The second kappa shape index (κ2) is 5.67. The lowest BCUT2D eigenvalue weighted by molar-refractivity contribution is 0.300. The predicted octanol–water partition coefficient (Wildman–Crippen LogP) is 3.19. The van der Waals surface area contributed by atoms with E-state index >= 15 is 0 Å². The van der Waals surface area contributed by atoms with E-state index in [1.165, 1.54) is 25.7 Å². The highest BCUT2D eigenvalue weighted by Crippen LogP contribution is 2.28. The Hall–Kier alpha value is -1.56. The first-order valence-corrected chi connectivity index (χ1v) is 6.38. The highest BCUT2D eigenvalue weighted by Gasteiger charge is 2.18. The van der Waals surface area contributed by atoms with E-state index in [0.29, 0.717) is 5.56 Å². The Balaban J connectivity index is 1.88. The Morgan fingerprint density at radius 2 is 2.18 bits per heavy atom. The van der Waals surface area contributed by atoms with Crippen LogP contribution in [0.1, 0.15) is 38.2 Å². The van der Waals surface area contributed by atoms with Gasteiger partial charge in [-0.3, -0.25) is 0 Å². The molecule has 1 aromatic heterocycles. The van der Waals surface area contributed by atoms with Crippen LogP contribution in [0.5, 0.6) is 0 Å². The zero-order valence-corrected chi connectivity index (χ0v) is 10.3. The number of rotatable bonds is 3. The van der Waals surface area contributed by atoms with Crippen LogP contribution in [0.15, 0.2) is 18.3 Å². The monoisotopic (exact) mass is 229 g/mol. The van der Waals surface area contributed by atoms with Gasteiger partial charge in [0.05, 0.1) is 5.56 Å². The maximum atomic E-state index is 8.96. The first-order valence-electron chi connectivity index (χ1n) is 6.38. The van der Waals surface area contributed by atoms with Gasteiger partial charge in [0.2, 0.25) is 0 Å². The number of pyridine rings is 1. The second-order valence-electron chi connectivity index (χ2n) is 5.02. The molecule has 0 bridgehead atoms. The summed E-state index contributed by atoms with van der Waals surface area (Å²) in [5, 5.41) is 12.3. The molecule has 3 nitrogen and oxygen atoms in total. The number of nitrogens with one attached hydrogen (secondary N) is 1. The van der Waals surface area contributed by atoms with E-state index in [0.717, 1.165) is 24.2 Å². The quantitative estimate of drug-likeness (QED) is 0.866. The minimum absolute atomic E-state index is 0.636. The molecule has 1 saturated carbocycles. The average Bonchev–Trinajstić information content (AvgIpc) is 2.38. The molecule has 0 spiro atoms. The topological polar surface area (TPSA) is 48.7 Å². The molecule has 1 heterocycles. The van der Waals surface area contributed by atoms with Gasteiger partial charge in [-0.15, -0.1) is 0 Å². The minimum atomic E-state index is 0.636. The van der Waals surface area contributed by atoms with Crippen molar-refractivity contribution >= 4 is 5.82 Å². The summed E-state index contributed by atoms with van der Waals surface area (Å²) in [6, 6.07) is 5.77. The summed E-state index contributed by atoms with van der Waals surface area (Å²) in [7, 11) is 0. The Labute approximate surface area is 103 Å². The zero-order valence-electron chi connectivity index (χ0n) is 10.3. The van der Waals surface area contributed by atoms with Crippen LogP contribution in [-0.4, -0.2) is 11.5 Å². The molecule has 0 unspecified atom stereocenters. The molecule has 1 N–H and O–H groups in total. The summed E-state index contributed by atoms with van der Waals surface area (Å²) in [6.45, 7) is 3.27. The van der Waals surface area contributed by atoms with Crippen molar-refractivity contribution in [2.24, 2.45) is 11.8 Å². The van der Waals surface area contributed by atoms with Crippen molar-refractivity contribution in [3.05, 3.63) is 23.9 Å². The largest absolute Gasteiger partial charge is 0.369 e. The van der Waals surface area contributed by atoms with E-state index in [1.54, 1.807) is 18.3 Å². The summed E-state index contributed by atoms with van der Waals surface area (Å²) in [4.78, 5) is 4.22. The molecular formula is C14H19N3. The predicted molar refractivity (Wildman–Crippen MR) is 68.6 cm³/mol. The van der Waals surface area contributed by atoms with Gasteiger partial charge >= 0.3 is 0 Å². The normalized spacial score (nSPS) is 24.0. The van der Waals surface area contributed by atoms with E-state index < -0.39 is 0 Å². The van der Waals surface area contributed by atoms with Crippen LogP contribution in [-0.2, 0) is 0 Å². The van der Waals surface area contributed by atoms with Gasteiger partial charge in [0, 0.05) is 12.7 Å². The van der Waals surface area contributed by atoms with Gasteiger partial charge in [0.25, 0.3) is 0 Å². The minimum Gasteiger partial charge on any atom is -0.369 e. The van der Waals surface area contributed by atoms with Crippen LogP contribution in [0, 0.1) is 23.2 Å². The maximum Gasteiger partial charge on any atom is 0.143 e. The third-order valence-corrected chi connectivity index (χ3v) is 3.62. The number of nitriles is 1. The third kappa shape index (κ3) is 3.20. The van der Waals surface area contributed by atoms with E-state index in [9.17, 15) is 0 Å². The number of nitrogens with zero attached hydrogens (tertiary/aromatic N) is 2. The SMILES string of the molecule is CC1CCC(CNc2ncccc2C#N)CC1. The Bertz CT molecular complexity index is 400. The van der Waals surface area contributed by atoms with Crippen LogP contribution in [0.2, 0.25) is 0 Å². The molecule has 0 saturated heterocycles. The number of hydrogen-bond donors (Lipinski definition) is 1. The Morgan fingerprint density at radius 3 is 2.88 bits per heavy atom. The number of hydrogen-bond acceptors (Lipinski definition) is 3. The van der Waals surface area contributed by atoms with Crippen molar-refractivity contribution in [3.63, 3.8) is 0 Å². The van der Waals surface area contributed by atoms with Gasteiger partial charge in [-0.1, -0.05) is 19.8 Å². The fourth-order valence-corrected chi connectivity index (χ4v) is 2.41. The lowest BCUT2D eigenvalue weighted by atomic mass is 9.83. The average molecular weight is 229 g/mol. The first kappa shape index (κ1) is 11.9. The van der Waals surface area contributed by atoms with Crippen LogP contribution in [0.3, 0.4) is 0 Å². The van der Waals surface area contributed by atoms with Crippen molar-refractivity contribution in [1.82, 2.24) is 4.98 Å². The summed E-state index contributed by atoms with van der Waals surface area (Å²) in [5.41, 5.74) is 0.636. The van der Waals surface area contributed by atoms with Crippen molar-refractivity contribution in [1.29, 1.82) is 5.26 Å². The Kier molecular flexibility index (Phi) is 3.98. The molecule has 0 aliphatic heterocycles. The lowest BCUT2D eigenvalue weighted by Gasteiger charge is -2.26. The summed E-state index contributed by atoms with van der Waals surface area (Å²) < 4.78 is 0. The van der Waals surface area contributed by atoms with Crippen molar-refractivity contribution in [3.8, 4) is 6.07 Å². The van der Waals surface area contributed by atoms with Gasteiger partial charge in [0.15, 0.2) is 0 Å². The molecule has 2 rings (SSSR count). The van der Waals surface area contributed by atoms with Crippen molar-refractivity contribution in [2.45, 2.75) is 32.6 Å². The summed E-state index contributed by atoms with van der Waals surface area (Å²) in [6.07, 6.45) is 6.98. The second-order valence-corrected chi connectivity index (χ2v) is 5.02. The molecular weight excluding hydrogens is 210 g/mol. The van der Waals surface area contributed by atoms with Crippen LogP contribution in [0.25, 0.3) is 0 Å². The van der Waals surface area contributed by atoms with Gasteiger partial charge in [-0.25, -0.2) is 4.98 Å². The molecule has 1 aliphatic carbocycles. The first-order chi connectivity index (χ1) is 8.29. The fraction of sp³-hybridized carbons (Fsp3) is 0.571. The standard InChI is InChI=1S/C14H19N3/c1-11-4-6-12(7-5-11)10-17-14-13(9-15)3-2-8-16-14/h2-3,8,11-12H,4-7,10H2,1H3,(H,16,17).